The van der Waals surface area contributed by atoms with Gasteiger partial charge in [-0.2, -0.15) is 5.10 Å². The van der Waals surface area contributed by atoms with E-state index in [0.29, 0.717) is 24.3 Å². The first-order valence-corrected chi connectivity index (χ1v) is 7.16. The molecule has 8 heteroatoms. The lowest BCUT2D eigenvalue weighted by molar-refractivity contribution is -0.141. The van der Waals surface area contributed by atoms with Crippen molar-refractivity contribution < 1.29 is 9.90 Å². The number of nitrogens with zero attached hydrogens (tertiary/aromatic N) is 5. The maximum Gasteiger partial charge on any atom is 0.308 e. The van der Waals surface area contributed by atoms with Crippen LogP contribution in [0.15, 0.2) is 18.5 Å². The molecule has 3 aromatic heterocycles. The first-order valence-electron chi connectivity index (χ1n) is 7.16. The van der Waals surface area contributed by atoms with Crippen LogP contribution in [-0.2, 0) is 4.79 Å². The van der Waals surface area contributed by atoms with Crippen LogP contribution in [-0.4, -0.2) is 49.5 Å². The maximum absolute atomic E-state index is 11.3. The Balaban J connectivity index is 1.87. The molecule has 4 heterocycles. The van der Waals surface area contributed by atoms with E-state index in [2.05, 4.69) is 30.3 Å². The highest BCUT2D eigenvalue weighted by molar-refractivity contribution is 6.08. The summed E-state index contributed by atoms with van der Waals surface area (Å²) in [5.41, 5.74) is 2.04. The molecule has 3 aromatic rings. The Morgan fingerprint density at radius 3 is 3.18 bits per heavy atom. The van der Waals surface area contributed by atoms with Crippen LogP contribution in [0.2, 0.25) is 0 Å². The van der Waals surface area contributed by atoms with Gasteiger partial charge in [0.15, 0.2) is 11.3 Å². The molecular weight excluding hydrogens is 284 g/mol. The third-order valence-corrected chi connectivity index (χ3v) is 4.15. The molecular formula is C14H14N6O2. The van der Waals surface area contributed by atoms with Gasteiger partial charge in [0, 0.05) is 24.7 Å². The van der Waals surface area contributed by atoms with Crippen molar-refractivity contribution in [1.29, 1.82) is 0 Å². The highest BCUT2D eigenvalue weighted by Crippen LogP contribution is 2.31. The zero-order valence-electron chi connectivity index (χ0n) is 11.7. The first-order chi connectivity index (χ1) is 10.7. The van der Waals surface area contributed by atoms with Gasteiger partial charge in [0.2, 0.25) is 0 Å². The Morgan fingerprint density at radius 2 is 2.32 bits per heavy atom. The van der Waals surface area contributed by atoms with E-state index in [1.54, 1.807) is 12.4 Å². The molecule has 1 unspecified atom stereocenters. The van der Waals surface area contributed by atoms with Gasteiger partial charge < -0.3 is 10.0 Å². The fourth-order valence-corrected chi connectivity index (χ4v) is 3.07. The van der Waals surface area contributed by atoms with Crippen molar-refractivity contribution >= 4 is 33.7 Å². The summed E-state index contributed by atoms with van der Waals surface area (Å²) < 4.78 is 0. The molecule has 4 rings (SSSR count). The fraction of sp³-hybridized carbons (Fsp3) is 0.357. The predicted octanol–water partition coefficient (Wildman–Crippen LogP) is 1.20. The van der Waals surface area contributed by atoms with Gasteiger partial charge in [0.25, 0.3) is 0 Å². The van der Waals surface area contributed by atoms with Gasteiger partial charge >= 0.3 is 5.97 Å². The van der Waals surface area contributed by atoms with E-state index in [4.69, 9.17) is 0 Å². The molecule has 1 aliphatic heterocycles. The zero-order valence-corrected chi connectivity index (χ0v) is 11.7. The summed E-state index contributed by atoms with van der Waals surface area (Å²) in [6.45, 7) is 1.29. The predicted molar refractivity (Wildman–Crippen MR) is 79.6 cm³/mol. The van der Waals surface area contributed by atoms with E-state index in [0.717, 1.165) is 29.4 Å². The molecule has 0 spiro atoms. The Hall–Kier alpha value is -2.77. The summed E-state index contributed by atoms with van der Waals surface area (Å²) in [6, 6.07) is 1.89. The molecule has 0 amide bonds. The molecule has 0 saturated carbocycles. The number of aromatic amines is 1. The van der Waals surface area contributed by atoms with E-state index in [-0.39, 0.29) is 5.92 Å². The number of H-pyrrole nitrogens is 1. The number of piperidine rings is 1. The number of carboxylic acids is 1. The van der Waals surface area contributed by atoms with Crippen molar-refractivity contribution in [3.05, 3.63) is 18.5 Å². The number of nitrogens with one attached hydrogen (secondary N) is 1. The largest absolute Gasteiger partial charge is 0.481 e. The minimum absolute atomic E-state index is 0.351. The summed E-state index contributed by atoms with van der Waals surface area (Å²) >= 11 is 0. The second-order valence-electron chi connectivity index (χ2n) is 5.48. The van der Waals surface area contributed by atoms with Crippen molar-refractivity contribution in [2.75, 3.05) is 18.0 Å². The lowest BCUT2D eigenvalue weighted by atomic mass is 9.97. The van der Waals surface area contributed by atoms with E-state index in [1.807, 2.05) is 6.07 Å². The average Bonchev–Trinajstić information content (AvgIpc) is 3.03. The second kappa shape index (κ2) is 4.90. The molecule has 0 radical (unpaired) electrons. The van der Waals surface area contributed by atoms with Gasteiger partial charge in [-0.15, -0.1) is 10.2 Å². The number of carboxylic acid groups (broad SMARTS) is 1. The zero-order chi connectivity index (χ0) is 15.1. The van der Waals surface area contributed by atoms with Crippen LogP contribution >= 0.6 is 0 Å². The van der Waals surface area contributed by atoms with Crippen LogP contribution in [0.4, 0.5) is 5.69 Å². The van der Waals surface area contributed by atoms with Crippen LogP contribution in [0.1, 0.15) is 12.8 Å². The topological polar surface area (TPSA) is 108 Å². The number of aliphatic carboxylic acids is 1. The summed E-state index contributed by atoms with van der Waals surface area (Å²) in [7, 11) is 0. The minimum atomic E-state index is -0.746. The highest BCUT2D eigenvalue weighted by atomic mass is 16.4. The summed E-state index contributed by atoms with van der Waals surface area (Å²) in [5, 5.41) is 26.2. The molecule has 0 aliphatic carbocycles. The number of hydrogen-bond donors (Lipinski definition) is 2. The molecule has 112 valence electrons. The number of fused-ring (bicyclic) bond motifs is 3. The first kappa shape index (κ1) is 12.9. The summed E-state index contributed by atoms with van der Waals surface area (Å²) in [4.78, 5) is 17.5. The summed E-state index contributed by atoms with van der Waals surface area (Å²) in [5.74, 6) is -1.10. The second-order valence-corrected chi connectivity index (χ2v) is 5.48. The monoisotopic (exact) mass is 298 g/mol. The molecule has 8 nitrogen and oxygen atoms in total. The Kier molecular flexibility index (Phi) is 2.88. The van der Waals surface area contributed by atoms with E-state index >= 15 is 0 Å². The number of carbonyl (C=O) groups is 1. The van der Waals surface area contributed by atoms with Gasteiger partial charge in [-0.05, 0) is 18.9 Å². The Morgan fingerprint density at radius 1 is 1.41 bits per heavy atom. The molecule has 0 bridgehead atoms. The van der Waals surface area contributed by atoms with Crippen molar-refractivity contribution in [3.63, 3.8) is 0 Å². The highest BCUT2D eigenvalue weighted by Gasteiger charge is 2.27. The van der Waals surface area contributed by atoms with Gasteiger partial charge in [0.05, 0.1) is 23.2 Å². The molecule has 2 N–H and O–H groups in total. The third-order valence-electron chi connectivity index (χ3n) is 4.15. The van der Waals surface area contributed by atoms with Crippen LogP contribution in [0.3, 0.4) is 0 Å². The van der Waals surface area contributed by atoms with E-state index < -0.39 is 5.97 Å². The molecule has 1 saturated heterocycles. The maximum atomic E-state index is 11.3. The van der Waals surface area contributed by atoms with Crippen molar-refractivity contribution in [2.24, 2.45) is 5.92 Å². The SMILES string of the molecule is O=C(O)C1CCCN(c2cn[nH]c3nnc4nccc4c23)C1. The summed E-state index contributed by atoms with van der Waals surface area (Å²) in [6.07, 6.45) is 4.97. The van der Waals surface area contributed by atoms with E-state index in [9.17, 15) is 9.90 Å². The molecule has 0 aromatic carbocycles. The lowest BCUT2D eigenvalue weighted by Gasteiger charge is -2.32. The average molecular weight is 298 g/mol. The third kappa shape index (κ3) is 1.95. The number of hydrogen-bond acceptors (Lipinski definition) is 6. The van der Waals surface area contributed by atoms with Gasteiger partial charge in [-0.3, -0.25) is 9.89 Å². The molecule has 1 fully saturated rings. The van der Waals surface area contributed by atoms with Crippen LogP contribution in [0.5, 0.6) is 0 Å². The van der Waals surface area contributed by atoms with Crippen LogP contribution in [0.25, 0.3) is 22.1 Å². The molecule has 1 aliphatic rings. The Bertz CT molecular complexity index is 861. The Labute approximate surface area is 125 Å². The van der Waals surface area contributed by atoms with Crippen molar-refractivity contribution in [1.82, 2.24) is 25.4 Å². The molecule has 22 heavy (non-hydrogen) atoms. The molecule has 1 atom stereocenters. The number of rotatable bonds is 2. The van der Waals surface area contributed by atoms with Crippen LogP contribution < -0.4 is 4.90 Å². The van der Waals surface area contributed by atoms with E-state index in [1.165, 1.54) is 0 Å². The van der Waals surface area contributed by atoms with Crippen LogP contribution in [0, 0.1) is 5.92 Å². The lowest BCUT2D eigenvalue weighted by Crippen LogP contribution is -2.38. The smallest absolute Gasteiger partial charge is 0.308 e. The van der Waals surface area contributed by atoms with Gasteiger partial charge in [-0.1, -0.05) is 0 Å². The van der Waals surface area contributed by atoms with Crippen molar-refractivity contribution in [3.8, 4) is 0 Å². The standard InChI is InChI=1S/C14H14N6O2/c21-14(22)8-2-1-5-20(7-8)10-6-16-17-13-11(10)9-3-4-15-12(9)18-19-13/h3-4,6,8H,1-2,5,7H2,(H,17,19)(H,21,22). The van der Waals surface area contributed by atoms with Gasteiger partial charge in [-0.25, -0.2) is 4.98 Å². The van der Waals surface area contributed by atoms with Gasteiger partial charge in [0.1, 0.15) is 0 Å². The number of aromatic nitrogens is 5. The fourth-order valence-electron chi connectivity index (χ4n) is 3.07. The van der Waals surface area contributed by atoms with Crippen molar-refractivity contribution in [2.45, 2.75) is 12.8 Å². The number of anilines is 1. The minimum Gasteiger partial charge on any atom is -0.481 e. The quantitative estimate of drug-likeness (QED) is 0.731. The normalized spacial score (nSPS) is 18.9.